The first-order valence-electron chi connectivity index (χ1n) is 8.17. The zero-order chi connectivity index (χ0) is 18.9. The number of nitrogens with zero attached hydrogens (tertiary/aromatic N) is 1. The van der Waals surface area contributed by atoms with Crippen LogP contribution in [-0.2, 0) is 16.0 Å². The van der Waals surface area contributed by atoms with Crippen LogP contribution in [0.15, 0.2) is 48.5 Å². The summed E-state index contributed by atoms with van der Waals surface area (Å²) in [5, 5.41) is 6.90. The predicted molar refractivity (Wildman–Crippen MR) is 106 cm³/mol. The maximum absolute atomic E-state index is 12.0. The van der Waals surface area contributed by atoms with Gasteiger partial charge in [-0.25, -0.2) is 0 Å². The molecule has 2 aromatic carbocycles. The maximum atomic E-state index is 12.0. The number of carbonyl (C=O) groups is 2. The normalized spacial score (nSPS) is 10.6. The zero-order valence-corrected chi connectivity index (χ0v) is 16.0. The van der Waals surface area contributed by atoms with E-state index in [-0.39, 0.29) is 24.9 Å². The fraction of sp³-hybridized carbons (Fsp3) is 0.263. The van der Waals surface area contributed by atoms with Crippen molar-refractivity contribution in [3.05, 3.63) is 64.1 Å². The molecule has 26 heavy (non-hydrogen) atoms. The van der Waals surface area contributed by atoms with Crippen molar-refractivity contribution < 1.29 is 9.59 Å². The number of likely N-dealkylation sites (N-methyl/N-ethyl adjacent to an activating group) is 1. The Labute approximate surface area is 163 Å². The third kappa shape index (κ3) is 7.44. The van der Waals surface area contributed by atoms with Gasteiger partial charge in [-0.1, -0.05) is 35.3 Å². The molecule has 0 atom stereocenters. The van der Waals surface area contributed by atoms with Crippen LogP contribution in [0, 0.1) is 0 Å². The van der Waals surface area contributed by atoms with Gasteiger partial charge in [-0.15, -0.1) is 0 Å². The van der Waals surface area contributed by atoms with Gasteiger partial charge in [0.2, 0.25) is 11.8 Å². The van der Waals surface area contributed by atoms with Gasteiger partial charge in [0.1, 0.15) is 0 Å². The summed E-state index contributed by atoms with van der Waals surface area (Å²) in [7, 11) is 1.72. The second-order valence-electron chi connectivity index (χ2n) is 5.95. The van der Waals surface area contributed by atoms with Crippen LogP contribution < -0.4 is 10.6 Å². The Morgan fingerprint density at radius 1 is 0.885 bits per heavy atom. The van der Waals surface area contributed by atoms with Crippen molar-refractivity contribution in [2.24, 2.45) is 0 Å². The SMILES string of the molecule is CN(CC(=O)NCCc1ccc(Cl)cc1)CC(=O)Nc1ccc(Cl)cc1. The molecule has 0 saturated carbocycles. The van der Waals surface area contributed by atoms with Crippen LogP contribution in [0.5, 0.6) is 0 Å². The van der Waals surface area contributed by atoms with Gasteiger partial charge in [0.25, 0.3) is 0 Å². The molecule has 0 heterocycles. The summed E-state index contributed by atoms with van der Waals surface area (Å²) in [6.45, 7) is 0.799. The lowest BCUT2D eigenvalue weighted by atomic mass is 10.1. The van der Waals surface area contributed by atoms with Crippen LogP contribution in [-0.4, -0.2) is 43.4 Å². The number of nitrogens with one attached hydrogen (secondary N) is 2. The van der Waals surface area contributed by atoms with E-state index >= 15 is 0 Å². The predicted octanol–water partition coefficient (Wildman–Crippen LogP) is 3.22. The van der Waals surface area contributed by atoms with Gasteiger partial charge in [-0.05, 0) is 55.4 Å². The fourth-order valence-electron chi connectivity index (χ4n) is 2.33. The molecule has 0 saturated heterocycles. The Balaban J connectivity index is 1.66. The molecule has 0 bridgehead atoms. The number of carbonyl (C=O) groups excluding carboxylic acids is 2. The van der Waals surface area contributed by atoms with Crippen molar-refractivity contribution in [1.29, 1.82) is 0 Å². The van der Waals surface area contributed by atoms with Gasteiger partial charge in [0.15, 0.2) is 0 Å². The van der Waals surface area contributed by atoms with Crippen LogP contribution in [0.2, 0.25) is 10.0 Å². The molecule has 0 aliphatic carbocycles. The number of benzene rings is 2. The molecule has 2 N–H and O–H groups in total. The van der Waals surface area contributed by atoms with Gasteiger partial charge in [-0.2, -0.15) is 0 Å². The molecule has 0 radical (unpaired) electrons. The Morgan fingerprint density at radius 2 is 1.42 bits per heavy atom. The van der Waals surface area contributed by atoms with Crippen molar-refractivity contribution >= 4 is 40.7 Å². The van der Waals surface area contributed by atoms with Gasteiger partial charge < -0.3 is 10.6 Å². The first kappa shape index (κ1) is 20.2. The number of hydrogen-bond acceptors (Lipinski definition) is 3. The monoisotopic (exact) mass is 393 g/mol. The first-order valence-corrected chi connectivity index (χ1v) is 8.93. The highest BCUT2D eigenvalue weighted by molar-refractivity contribution is 6.30. The first-order chi connectivity index (χ1) is 12.4. The second-order valence-corrected chi connectivity index (χ2v) is 6.83. The van der Waals surface area contributed by atoms with Crippen LogP contribution in [0.4, 0.5) is 5.69 Å². The smallest absolute Gasteiger partial charge is 0.238 e. The second kappa shape index (κ2) is 10.2. The number of hydrogen-bond donors (Lipinski definition) is 2. The largest absolute Gasteiger partial charge is 0.355 e. The Morgan fingerprint density at radius 3 is 2.04 bits per heavy atom. The molecule has 7 heteroatoms. The highest BCUT2D eigenvalue weighted by atomic mass is 35.5. The van der Waals surface area contributed by atoms with Gasteiger partial charge in [0, 0.05) is 22.3 Å². The molecule has 138 valence electrons. The van der Waals surface area contributed by atoms with Crippen molar-refractivity contribution in [3.63, 3.8) is 0 Å². The average Bonchev–Trinajstić information content (AvgIpc) is 2.58. The quantitative estimate of drug-likeness (QED) is 0.723. The molecular weight excluding hydrogens is 373 g/mol. The molecule has 0 aromatic heterocycles. The fourth-order valence-corrected chi connectivity index (χ4v) is 2.59. The summed E-state index contributed by atoms with van der Waals surface area (Å²) in [6, 6.07) is 14.4. The number of anilines is 1. The third-order valence-electron chi connectivity index (χ3n) is 3.60. The minimum absolute atomic E-state index is 0.118. The summed E-state index contributed by atoms with van der Waals surface area (Å²) in [6.07, 6.45) is 0.726. The molecule has 0 unspecified atom stereocenters. The van der Waals surface area contributed by atoms with Crippen molar-refractivity contribution in [1.82, 2.24) is 10.2 Å². The Hall–Kier alpha value is -2.08. The Bertz CT molecular complexity index is 733. The van der Waals surface area contributed by atoms with Crippen LogP contribution >= 0.6 is 23.2 Å². The van der Waals surface area contributed by atoms with E-state index < -0.39 is 0 Å². The molecule has 2 rings (SSSR count). The maximum Gasteiger partial charge on any atom is 0.238 e. The molecule has 2 aromatic rings. The average molecular weight is 394 g/mol. The van der Waals surface area contributed by atoms with Crippen LogP contribution in [0.3, 0.4) is 0 Å². The van der Waals surface area contributed by atoms with E-state index in [0.29, 0.717) is 22.3 Å². The van der Waals surface area contributed by atoms with E-state index in [2.05, 4.69) is 10.6 Å². The van der Waals surface area contributed by atoms with E-state index in [0.717, 1.165) is 12.0 Å². The minimum atomic E-state index is -0.191. The molecule has 2 amide bonds. The third-order valence-corrected chi connectivity index (χ3v) is 4.11. The van der Waals surface area contributed by atoms with Crippen molar-refractivity contribution in [2.45, 2.75) is 6.42 Å². The molecule has 0 spiro atoms. The summed E-state index contributed by atoms with van der Waals surface area (Å²) >= 11 is 11.6. The van der Waals surface area contributed by atoms with Crippen molar-refractivity contribution in [2.75, 3.05) is 32.0 Å². The summed E-state index contributed by atoms with van der Waals surface area (Å²) < 4.78 is 0. The lowest BCUT2D eigenvalue weighted by Gasteiger charge is -2.16. The number of amides is 2. The standard InChI is InChI=1S/C19H21Cl2N3O2/c1-24(13-19(26)23-17-8-6-16(21)7-9-17)12-18(25)22-11-10-14-2-4-15(20)5-3-14/h2-9H,10-13H2,1H3,(H,22,25)(H,23,26). The summed E-state index contributed by atoms with van der Waals surface area (Å²) in [5.74, 6) is -0.315. The van der Waals surface area contributed by atoms with E-state index in [1.54, 1.807) is 36.2 Å². The van der Waals surface area contributed by atoms with E-state index in [1.807, 2.05) is 24.3 Å². The van der Waals surface area contributed by atoms with Crippen LogP contribution in [0.25, 0.3) is 0 Å². The lowest BCUT2D eigenvalue weighted by Crippen LogP contribution is -2.39. The number of halogens is 2. The molecule has 0 aliphatic rings. The molecule has 0 fully saturated rings. The van der Waals surface area contributed by atoms with E-state index in [9.17, 15) is 9.59 Å². The van der Waals surface area contributed by atoms with E-state index in [1.165, 1.54) is 0 Å². The highest BCUT2D eigenvalue weighted by Crippen LogP contribution is 2.13. The highest BCUT2D eigenvalue weighted by Gasteiger charge is 2.10. The van der Waals surface area contributed by atoms with Crippen molar-refractivity contribution in [3.8, 4) is 0 Å². The summed E-state index contributed by atoms with van der Waals surface area (Å²) in [5.41, 5.74) is 1.77. The molecule has 5 nitrogen and oxygen atoms in total. The zero-order valence-electron chi connectivity index (χ0n) is 14.5. The topological polar surface area (TPSA) is 61.4 Å². The lowest BCUT2D eigenvalue weighted by molar-refractivity contribution is -0.122. The van der Waals surface area contributed by atoms with E-state index in [4.69, 9.17) is 23.2 Å². The Kier molecular flexibility index (Phi) is 7.91. The van der Waals surface area contributed by atoms with Gasteiger partial charge in [-0.3, -0.25) is 14.5 Å². The van der Waals surface area contributed by atoms with Gasteiger partial charge in [0.05, 0.1) is 13.1 Å². The molecule has 0 aliphatic heterocycles. The molecular formula is C19H21Cl2N3O2. The van der Waals surface area contributed by atoms with Gasteiger partial charge >= 0.3 is 0 Å². The van der Waals surface area contributed by atoms with Crippen LogP contribution in [0.1, 0.15) is 5.56 Å². The number of rotatable bonds is 8. The summed E-state index contributed by atoms with van der Waals surface area (Å²) in [4.78, 5) is 25.6. The minimum Gasteiger partial charge on any atom is -0.355 e.